The molecule has 0 rings (SSSR count). The average molecular weight is 409 g/mol. The number of methoxy groups -OCH3 is 1. The van der Waals surface area contributed by atoms with Gasteiger partial charge in [-0.15, -0.1) is 0 Å². The third-order valence-electron chi connectivity index (χ3n) is 4.40. The summed E-state index contributed by atoms with van der Waals surface area (Å²) in [6, 6.07) is 0. The van der Waals surface area contributed by atoms with Crippen LogP contribution in [0, 0.1) is 0 Å². The summed E-state index contributed by atoms with van der Waals surface area (Å²) in [7, 11) is 1.43. The predicted octanol–water partition coefficient (Wildman–Crippen LogP) is 4.21. The second-order valence-electron chi connectivity index (χ2n) is 7.38. The number of ether oxygens (including phenoxy) is 6. The quantitative estimate of drug-likeness (QED) is 0.285. The first kappa shape index (κ1) is 27.7. The maximum atomic E-state index is 11.8. The van der Waals surface area contributed by atoms with Crippen molar-refractivity contribution in [3.05, 3.63) is 0 Å². The van der Waals surface area contributed by atoms with Crippen molar-refractivity contribution in [3.63, 3.8) is 0 Å². The van der Waals surface area contributed by atoms with Gasteiger partial charge < -0.3 is 33.5 Å². The number of hydrogen-bond acceptors (Lipinski definition) is 7. The molecule has 4 unspecified atom stereocenters. The van der Waals surface area contributed by atoms with Crippen LogP contribution in [0.25, 0.3) is 0 Å². The van der Waals surface area contributed by atoms with Crippen LogP contribution >= 0.6 is 0 Å². The highest BCUT2D eigenvalue weighted by molar-refractivity contribution is 4.95. The van der Waals surface area contributed by atoms with Gasteiger partial charge in [-0.05, 0) is 53.9 Å². The molecule has 0 aromatic carbocycles. The molecule has 0 bridgehead atoms. The molecule has 28 heavy (non-hydrogen) atoms. The number of rotatable bonds is 17. The van der Waals surface area contributed by atoms with Crippen molar-refractivity contribution in [1.29, 1.82) is 0 Å². The molecule has 0 saturated heterocycles. The van der Waals surface area contributed by atoms with Gasteiger partial charge in [-0.25, -0.2) is 0 Å². The summed E-state index contributed by atoms with van der Waals surface area (Å²) in [6.07, 6.45) is 2.61. The second-order valence-corrected chi connectivity index (χ2v) is 7.38. The lowest BCUT2D eigenvalue weighted by atomic mass is 9.98. The summed E-state index contributed by atoms with van der Waals surface area (Å²) < 4.78 is 35.8. The van der Waals surface area contributed by atoms with Crippen molar-refractivity contribution in [1.82, 2.24) is 0 Å². The van der Waals surface area contributed by atoms with Crippen LogP contribution in [-0.4, -0.2) is 61.8 Å². The van der Waals surface area contributed by atoms with Gasteiger partial charge in [0.15, 0.2) is 0 Å². The molecule has 0 aliphatic rings. The van der Waals surface area contributed by atoms with Crippen LogP contribution in [0.1, 0.15) is 81.1 Å². The van der Waals surface area contributed by atoms with Gasteiger partial charge in [0, 0.05) is 13.7 Å². The zero-order chi connectivity index (χ0) is 21.8. The Morgan fingerprint density at radius 2 is 1.43 bits per heavy atom. The molecule has 0 fully saturated rings. The molecule has 0 aromatic rings. The Morgan fingerprint density at radius 3 is 1.86 bits per heavy atom. The number of unbranched alkanes of at least 4 members (excludes halogenated alkanes) is 1. The molecule has 7 nitrogen and oxygen atoms in total. The Balaban J connectivity index is 6.35. The van der Waals surface area contributed by atoms with Crippen molar-refractivity contribution in [2.24, 2.45) is 0 Å². The van der Waals surface area contributed by atoms with Crippen molar-refractivity contribution < 1.29 is 33.5 Å². The molecule has 0 heterocycles. The smallest absolute Gasteiger partial charge is 0.322 e. The summed E-state index contributed by atoms with van der Waals surface area (Å²) in [6.45, 7) is 15.9. The lowest BCUT2D eigenvalue weighted by molar-refractivity contribution is -0.535. The van der Waals surface area contributed by atoms with Gasteiger partial charge in [-0.2, -0.15) is 0 Å². The summed E-state index contributed by atoms with van der Waals surface area (Å²) in [5, 5.41) is 11.8. The van der Waals surface area contributed by atoms with Crippen molar-refractivity contribution in [2.75, 3.05) is 26.9 Å². The van der Waals surface area contributed by atoms with E-state index in [9.17, 15) is 5.11 Å². The van der Waals surface area contributed by atoms with Gasteiger partial charge in [0.05, 0.1) is 25.4 Å². The van der Waals surface area contributed by atoms with Gasteiger partial charge in [-0.1, -0.05) is 27.2 Å². The minimum atomic E-state index is -1.94. The van der Waals surface area contributed by atoms with E-state index in [4.69, 9.17) is 28.4 Å². The first-order chi connectivity index (χ1) is 13.1. The Hall–Kier alpha value is -0.280. The normalized spacial score (nSPS) is 19.8. The fourth-order valence-electron chi connectivity index (χ4n) is 2.73. The molecule has 0 radical (unpaired) electrons. The number of hydrogen-bond donors (Lipinski definition) is 1. The van der Waals surface area contributed by atoms with Gasteiger partial charge in [0.1, 0.15) is 0 Å². The zero-order valence-corrected chi connectivity index (χ0v) is 19.5. The Labute approximate surface area is 172 Å². The summed E-state index contributed by atoms with van der Waals surface area (Å²) >= 11 is 0. The van der Waals surface area contributed by atoms with E-state index in [1.54, 1.807) is 6.92 Å². The highest BCUT2D eigenvalue weighted by atomic mass is 16.9. The van der Waals surface area contributed by atoms with Gasteiger partial charge in [0.25, 0.3) is 0 Å². The van der Waals surface area contributed by atoms with Crippen LogP contribution in [0.4, 0.5) is 0 Å². The topological polar surface area (TPSA) is 75.6 Å². The van der Waals surface area contributed by atoms with Crippen molar-refractivity contribution in [3.8, 4) is 0 Å². The minimum absolute atomic E-state index is 0.241. The number of aliphatic hydroxyl groups is 1. The molecule has 0 spiro atoms. The Kier molecular flexibility index (Phi) is 13.0. The van der Waals surface area contributed by atoms with E-state index >= 15 is 0 Å². The van der Waals surface area contributed by atoms with E-state index in [1.165, 1.54) is 14.0 Å². The molecule has 4 atom stereocenters. The van der Waals surface area contributed by atoms with Gasteiger partial charge in [-0.3, -0.25) is 0 Å². The van der Waals surface area contributed by atoms with E-state index in [0.717, 1.165) is 19.3 Å². The third-order valence-corrected chi connectivity index (χ3v) is 4.40. The Morgan fingerprint density at radius 1 is 0.821 bits per heavy atom. The average Bonchev–Trinajstić information content (AvgIpc) is 2.64. The van der Waals surface area contributed by atoms with Crippen molar-refractivity contribution >= 4 is 0 Å². The predicted molar refractivity (Wildman–Crippen MR) is 109 cm³/mol. The van der Waals surface area contributed by atoms with E-state index < -0.39 is 17.5 Å². The summed E-state index contributed by atoms with van der Waals surface area (Å²) in [5.74, 6) is -3.67. The summed E-state index contributed by atoms with van der Waals surface area (Å²) in [4.78, 5) is 0. The molecule has 0 saturated carbocycles. The lowest BCUT2D eigenvalue weighted by Gasteiger charge is -2.52. The molecule has 1 N–H and O–H groups in total. The van der Waals surface area contributed by atoms with Crippen LogP contribution in [0.3, 0.4) is 0 Å². The van der Waals surface area contributed by atoms with Crippen LogP contribution in [-0.2, 0) is 28.4 Å². The molecule has 0 amide bonds. The van der Waals surface area contributed by atoms with E-state index in [1.807, 2.05) is 34.6 Å². The molecule has 0 aliphatic heterocycles. The molecular weight excluding hydrogens is 364 g/mol. The standard InChI is InChI=1S/C21H44O7/c1-10-14-16-26-21(27-17(5)6,28-18(7)12-3)19(8,22)20(23-9,24-13-4)25-15-11-2/h17-18,22H,10-16H2,1-9H3. The van der Waals surface area contributed by atoms with Crippen LogP contribution < -0.4 is 0 Å². The van der Waals surface area contributed by atoms with Crippen LogP contribution in [0.15, 0.2) is 0 Å². The third kappa shape index (κ3) is 6.90. The van der Waals surface area contributed by atoms with Crippen LogP contribution in [0.2, 0.25) is 0 Å². The molecule has 7 heteroatoms. The van der Waals surface area contributed by atoms with Gasteiger partial charge >= 0.3 is 11.9 Å². The molecule has 170 valence electrons. The maximum Gasteiger partial charge on any atom is 0.322 e. The molecule has 0 aliphatic carbocycles. The zero-order valence-electron chi connectivity index (χ0n) is 19.5. The van der Waals surface area contributed by atoms with E-state index in [0.29, 0.717) is 19.6 Å². The fraction of sp³-hybridized carbons (Fsp3) is 1.00. The van der Waals surface area contributed by atoms with E-state index in [-0.39, 0.29) is 18.8 Å². The first-order valence-corrected chi connectivity index (χ1v) is 10.7. The molecular formula is C21H44O7. The largest absolute Gasteiger partial charge is 0.375 e. The fourth-order valence-corrected chi connectivity index (χ4v) is 2.73. The monoisotopic (exact) mass is 408 g/mol. The highest BCUT2D eigenvalue weighted by Crippen LogP contribution is 2.43. The van der Waals surface area contributed by atoms with Crippen molar-refractivity contribution in [2.45, 2.75) is 111 Å². The van der Waals surface area contributed by atoms with E-state index in [2.05, 4.69) is 6.92 Å². The lowest BCUT2D eigenvalue weighted by Crippen LogP contribution is -2.72. The second kappa shape index (κ2) is 13.1. The van der Waals surface area contributed by atoms with Gasteiger partial charge in [0.2, 0.25) is 5.60 Å². The first-order valence-electron chi connectivity index (χ1n) is 10.7. The Bertz CT molecular complexity index is 402. The maximum absolute atomic E-state index is 11.8. The minimum Gasteiger partial charge on any atom is -0.375 e. The molecule has 0 aromatic heterocycles. The highest BCUT2D eigenvalue weighted by Gasteiger charge is 2.68. The summed E-state index contributed by atoms with van der Waals surface area (Å²) in [5.41, 5.74) is -1.94. The van der Waals surface area contributed by atoms with Crippen LogP contribution in [0.5, 0.6) is 0 Å². The SMILES string of the molecule is CCCCOC(OC(C)C)(OC(C)CC)C(C)(O)C(OC)(OCC)OCCC.